The summed E-state index contributed by atoms with van der Waals surface area (Å²) < 4.78 is 6.70. The molecule has 0 unspecified atom stereocenters. The maximum atomic E-state index is 5.61. The first kappa shape index (κ1) is 13.9. The summed E-state index contributed by atoms with van der Waals surface area (Å²) in [6.45, 7) is 0. The standard InChI is InChI=1S/C19H18BrNO/c1-22-18-10-9-12(20)11-16(18)19-15-7-4-6-13(15)14-5-2-3-8-17(14)21-19/h2-6,8-11,13,15,19,21H,7H2,1H3/t13-,15-,19+/m0/s1. The van der Waals surface area contributed by atoms with Crippen LogP contribution in [0.1, 0.15) is 29.5 Å². The number of hydrogen-bond acceptors (Lipinski definition) is 2. The Balaban J connectivity index is 1.82. The molecule has 0 saturated heterocycles. The largest absolute Gasteiger partial charge is 0.496 e. The predicted molar refractivity (Wildman–Crippen MR) is 93.5 cm³/mol. The van der Waals surface area contributed by atoms with Gasteiger partial charge in [-0.25, -0.2) is 0 Å². The van der Waals surface area contributed by atoms with Crippen LogP contribution < -0.4 is 10.1 Å². The second-order valence-corrected chi connectivity index (χ2v) is 6.86. The van der Waals surface area contributed by atoms with E-state index in [1.54, 1.807) is 7.11 Å². The van der Waals surface area contributed by atoms with E-state index in [-0.39, 0.29) is 6.04 Å². The van der Waals surface area contributed by atoms with Gasteiger partial charge in [0.2, 0.25) is 0 Å². The second kappa shape index (κ2) is 5.47. The first-order valence-electron chi connectivity index (χ1n) is 7.63. The SMILES string of the molecule is COc1ccc(Br)cc1[C@@H]1Nc2ccccc2[C@@H]2C=CC[C@@H]21. The summed E-state index contributed by atoms with van der Waals surface area (Å²) in [5.41, 5.74) is 3.87. The van der Waals surface area contributed by atoms with Crippen LogP contribution in [0.3, 0.4) is 0 Å². The van der Waals surface area contributed by atoms with Crippen molar-refractivity contribution in [1.82, 2.24) is 0 Å². The second-order valence-electron chi connectivity index (χ2n) is 5.95. The number of rotatable bonds is 2. The predicted octanol–water partition coefficient (Wildman–Crippen LogP) is 5.28. The maximum absolute atomic E-state index is 5.61. The topological polar surface area (TPSA) is 21.3 Å². The Morgan fingerprint density at radius 3 is 2.86 bits per heavy atom. The van der Waals surface area contributed by atoms with Crippen molar-refractivity contribution in [2.45, 2.75) is 18.4 Å². The van der Waals surface area contributed by atoms with Gasteiger partial charge in [-0.3, -0.25) is 0 Å². The van der Waals surface area contributed by atoms with Gasteiger partial charge in [-0.2, -0.15) is 0 Å². The lowest BCUT2D eigenvalue weighted by atomic mass is 9.77. The number of methoxy groups -OCH3 is 1. The molecule has 4 rings (SSSR count). The fourth-order valence-electron chi connectivity index (χ4n) is 3.80. The van der Waals surface area contributed by atoms with Crippen molar-refractivity contribution in [2.75, 3.05) is 12.4 Å². The first-order chi connectivity index (χ1) is 10.8. The zero-order chi connectivity index (χ0) is 15.1. The number of halogens is 1. The van der Waals surface area contributed by atoms with Gasteiger partial charge < -0.3 is 10.1 Å². The third-order valence-corrected chi connectivity index (χ3v) is 5.29. The molecule has 2 aliphatic rings. The van der Waals surface area contributed by atoms with Gasteiger partial charge in [0, 0.05) is 21.6 Å². The fraction of sp³-hybridized carbons (Fsp3) is 0.263. The molecule has 2 aromatic carbocycles. The third kappa shape index (κ3) is 2.15. The molecule has 0 fully saturated rings. The van der Waals surface area contributed by atoms with Crippen molar-refractivity contribution in [3.8, 4) is 5.75 Å². The van der Waals surface area contributed by atoms with E-state index in [9.17, 15) is 0 Å². The molecule has 3 atom stereocenters. The number of para-hydroxylation sites is 1. The zero-order valence-electron chi connectivity index (χ0n) is 12.4. The minimum atomic E-state index is 0.266. The van der Waals surface area contributed by atoms with Crippen LogP contribution in [-0.2, 0) is 0 Å². The maximum Gasteiger partial charge on any atom is 0.124 e. The van der Waals surface area contributed by atoms with Crippen LogP contribution >= 0.6 is 15.9 Å². The van der Waals surface area contributed by atoms with Gasteiger partial charge in [0.05, 0.1) is 13.2 Å². The number of ether oxygens (including phenoxy) is 1. The van der Waals surface area contributed by atoms with E-state index in [1.807, 2.05) is 12.1 Å². The minimum absolute atomic E-state index is 0.266. The molecule has 0 amide bonds. The Labute approximate surface area is 139 Å². The van der Waals surface area contributed by atoms with Crippen LogP contribution in [0.5, 0.6) is 5.75 Å². The molecule has 2 nitrogen and oxygen atoms in total. The van der Waals surface area contributed by atoms with Crippen LogP contribution in [0, 0.1) is 5.92 Å². The zero-order valence-corrected chi connectivity index (χ0v) is 14.0. The van der Waals surface area contributed by atoms with E-state index < -0.39 is 0 Å². The lowest BCUT2D eigenvalue weighted by Gasteiger charge is -2.38. The van der Waals surface area contributed by atoms with E-state index in [1.165, 1.54) is 16.8 Å². The Hall–Kier alpha value is -1.74. The van der Waals surface area contributed by atoms with Crippen LogP contribution in [0.4, 0.5) is 5.69 Å². The van der Waals surface area contributed by atoms with Crippen LogP contribution in [0.2, 0.25) is 0 Å². The minimum Gasteiger partial charge on any atom is -0.496 e. The molecule has 0 aromatic heterocycles. The number of hydrogen-bond donors (Lipinski definition) is 1. The summed E-state index contributed by atoms with van der Waals surface area (Å²) in [5.74, 6) is 1.98. The molecular formula is C19H18BrNO. The van der Waals surface area contributed by atoms with Crippen molar-refractivity contribution in [1.29, 1.82) is 0 Å². The highest BCUT2D eigenvalue weighted by atomic mass is 79.9. The van der Waals surface area contributed by atoms with Crippen LogP contribution in [0.25, 0.3) is 0 Å². The Morgan fingerprint density at radius 2 is 2.00 bits per heavy atom. The van der Waals surface area contributed by atoms with E-state index in [0.717, 1.165) is 16.6 Å². The fourth-order valence-corrected chi connectivity index (χ4v) is 4.18. The van der Waals surface area contributed by atoms with E-state index in [4.69, 9.17) is 4.74 Å². The molecule has 1 heterocycles. The molecular weight excluding hydrogens is 338 g/mol. The molecule has 0 bridgehead atoms. The quantitative estimate of drug-likeness (QED) is 0.739. The molecule has 0 spiro atoms. The molecule has 1 aliphatic carbocycles. The Bertz CT molecular complexity index is 740. The average Bonchev–Trinajstić information content (AvgIpc) is 3.04. The molecule has 0 saturated carbocycles. The lowest BCUT2D eigenvalue weighted by Crippen LogP contribution is -2.29. The summed E-state index contributed by atoms with van der Waals surface area (Å²) in [7, 11) is 1.74. The van der Waals surface area contributed by atoms with Gasteiger partial charge in [0.15, 0.2) is 0 Å². The Morgan fingerprint density at radius 1 is 1.14 bits per heavy atom. The summed E-state index contributed by atoms with van der Waals surface area (Å²) >= 11 is 3.60. The molecule has 1 aliphatic heterocycles. The highest BCUT2D eigenvalue weighted by Crippen LogP contribution is 2.51. The summed E-state index contributed by atoms with van der Waals surface area (Å²) in [6, 6.07) is 15.2. The van der Waals surface area contributed by atoms with Crippen LogP contribution in [-0.4, -0.2) is 7.11 Å². The Kier molecular flexibility index (Phi) is 3.45. The lowest BCUT2D eigenvalue weighted by molar-refractivity contribution is 0.381. The van der Waals surface area contributed by atoms with Gasteiger partial charge in [0.25, 0.3) is 0 Å². The molecule has 0 radical (unpaired) electrons. The molecule has 112 valence electrons. The summed E-state index contributed by atoms with van der Waals surface area (Å²) in [5, 5.41) is 3.75. The van der Waals surface area contributed by atoms with Gasteiger partial charge in [-0.1, -0.05) is 46.3 Å². The van der Waals surface area contributed by atoms with Gasteiger partial charge in [0.1, 0.15) is 5.75 Å². The van der Waals surface area contributed by atoms with Crippen molar-refractivity contribution >= 4 is 21.6 Å². The number of nitrogens with one attached hydrogen (secondary N) is 1. The van der Waals surface area contributed by atoms with E-state index in [0.29, 0.717) is 11.8 Å². The summed E-state index contributed by atoms with van der Waals surface area (Å²) in [6.07, 6.45) is 5.78. The van der Waals surface area contributed by atoms with Crippen molar-refractivity contribution in [3.05, 3.63) is 70.2 Å². The van der Waals surface area contributed by atoms with Crippen molar-refractivity contribution in [3.63, 3.8) is 0 Å². The number of benzene rings is 2. The van der Waals surface area contributed by atoms with E-state index >= 15 is 0 Å². The highest BCUT2D eigenvalue weighted by molar-refractivity contribution is 9.10. The van der Waals surface area contributed by atoms with Crippen molar-refractivity contribution in [2.24, 2.45) is 5.92 Å². The van der Waals surface area contributed by atoms with Gasteiger partial charge >= 0.3 is 0 Å². The monoisotopic (exact) mass is 355 g/mol. The number of anilines is 1. The average molecular weight is 356 g/mol. The van der Waals surface area contributed by atoms with Crippen molar-refractivity contribution < 1.29 is 4.74 Å². The van der Waals surface area contributed by atoms with Crippen LogP contribution in [0.15, 0.2) is 59.1 Å². The molecule has 3 heteroatoms. The number of fused-ring (bicyclic) bond motifs is 3. The van der Waals surface area contributed by atoms with E-state index in [2.05, 4.69) is 63.7 Å². The molecule has 1 N–H and O–H groups in total. The smallest absolute Gasteiger partial charge is 0.124 e. The van der Waals surface area contributed by atoms with Gasteiger partial charge in [-0.05, 0) is 42.2 Å². The number of allylic oxidation sites excluding steroid dienone is 2. The summed E-state index contributed by atoms with van der Waals surface area (Å²) in [4.78, 5) is 0. The molecule has 2 aromatic rings. The normalized spacial score (nSPS) is 25.3. The molecule has 22 heavy (non-hydrogen) atoms. The third-order valence-electron chi connectivity index (χ3n) is 4.80. The highest BCUT2D eigenvalue weighted by Gasteiger charge is 2.38. The first-order valence-corrected chi connectivity index (χ1v) is 8.43. The van der Waals surface area contributed by atoms with Gasteiger partial charge in [-0.15, -0.1) is 0 Å².